The molecule has 4 saturated carbocycles. The number of methoxy groups -OCH3 is 1. The van der Waals surface area contributed by atoms with Gasteiger partial charge in [-0.1, -0.05) is 12.1 Å². The summed E-state index contributed by atoms with van der Waals surface area (Å²) in [7, 11) is -3.13. The van der Waals surface area contributed by atoms with E-state index in [0.29, 0.717) is 17.4 Å². The fourth-order valence-corrected chi connectivity index (χ4v) is 7.41. The fourth-order valence-electron chi connectivity index (χ4n) is 6.27. The lowest BCUT2D eigenvalue weighted by molar-refractivity contribution is -0.642. The van der Waals surface area contributed by atoms with Gasteiger partial charge in [-0.2, -0.15) is 4.89 Å². The molecule has 6 rings (SSSR count). The number of phosphoric ester groups is 1. The van der Waals surface area contributed by atoms with Gasteiger partial charge in [0.2, 0.25) is 0 Å². The molecule has 0 amide bonds. The van der Waals surface area contributed by atoms with Gasteiger partial charge in [-0.3, -0.25) is 9.79 Å². The van der Waals surface area contributed by atoms with E-state index in [1.807, 2.05) is 0 Å². The number of phosphoric acid groups is 1. The quantitative estimate of drug-likeness (QED) is 0.441. The van der Waals surface area contributed by atoms with Crippen molar-refractivity contribution in [3.8, 4) is 5.75 Å². The van der Waals surface area contributed by atoms with Gasteiger partial charge in [0.05, 0.1) is 4.87 Å². The molecule has 0 radical (unpaired) electrons. The van der Waals surface area contributed by atoms with Crippen LogP contribution < -0.4 is 4.52 Å². The number of halogens is 1. The summed E-state index contributed by atoms with van der Waals surface area (Å²) in [6.45, 7) is 0. The smallest absolute Gasteiger partial charge is 0.404 e. The number of rotatable bonds is 4. The standard InChI is InChI=1S/C18H22ClO7P/c1-23-18(13-3-2-4-15(8-13)24-27(20,21)22)17(25-26-18)14-6-11-5-12(7-14)10-16(17,19)9-11/h2-4,8,11-12,14H,5-7,9-10H2,1H3,(H2,20,21,22). The summed E-state index contributed by atoms with van der Waals surface area (Å²) in [6.07, 6.45) is 4.99. The zero-order chi connectivity index (χ0) is 19.1. The minimum absolute atomic E-state index is 0.0374. The Morgan fingerprint density at radius 2 is 1.89 bits per heavy atom. The maximum Gasteiger partial charge on any atom is 0.524 e. The van der Waals surface area contributed by atoms with Crippen LogP contribution >= 0.6 is 19.4 Å². The molecule has 2 N–H and O–H groups in total. The fraction of sp³-hybridized carbons (Fsp3) is 0.667. The minimum atomic E-state index is -4.67. The van der Waals surface area contributed by atoms with E-state index in [-0.39, 0.29) is 11.7 Å². The van der Waals surface area contributed by atoms with Gasteiger partial charge in [0.15, 0.2) is 5.60 Å². The lowest BCUT2D eigenvalue weighted by Gasteiger charge is -2.71. The molecule has 4 aliphatic carbocycles. The van der Waals surface area contributed by atoms with Crippen molar-refractivity contribution in [2.24, 2.45) is 17.8 Å². The zero-order valence-corrected chi connectivity index (χ0v) is 16.5. The normalized spacial score (nSPS) is 45.1. The Kier molecular flexibility index (Phi) is 3.88. The predicted molar refractivity (Wildman–Crippen MR) is 94.8 cm³/mol. The van der Waals surface area contributed by atoms with Crippen molar-refractivity contribution in [2.45, 2.75) is 48.4 Å². The van der Waals surface area contributed by atoms with E-state index < -0.39 is 24.1 Å². The highest BCUT2D eigenvalue weighted by Crippen LogP contribution is 2.72. The number of hydrogen-bond donors (Lipinski definition) is 2. The molecule has 0 aromatic heterocycles. The van der Waals surface area contributed by atoms with Gasteiger partial charge >= 0.3 is 7.82 Å². The van der Waals surface area contributed by atoms with Crippen molar-refractivity contribution in [2.75, 3.05) is 7.11 Å². The summed E-state index contributed by atoms with van der Waals surface area (Å²) in [5.74, 6) is 0.222. The van der Waals surface area contributed by atoms with Crippen molar-refractivity contribution in [1.82, 2.24) is 0 Å². The molecule has 1 spiro atoms. The lowest BCUT2D eigenvalue weighted by atomic mass is 9.46. The molecule has 7 nitrogen and oxygen atoms in total. The van der Waals surface area contributed by atoms with Gasteiger partial charge in [-0.05, 0) is 62.0 Å². The highest BCUT2D eigenvalue weighted by molar-refractivity contribution is 7.46. The third kappa shape index (κ3) is 2.37. The predicted octanol–water partition coefficient (Wildman–Crippen LogP) is 3.48. The van der Waals surface area contributed by atoms with Crippen LogP contribution in [0.4, 0.5) is 0 Å². The van der Waals surface area contributed by atoms with Crippen LogP contribution in [0.15, 0.2) is 24.3 Å². The van der Waals surface area contributed by atoms with Crippen LogP contribution in [0.3, 0.4) is 0 Å². The van der Waals surface area contributed by atoms with E-state index in [2.05, 4.69) is 0 Å². The Balaban J connectivity index is 1.59. The molecule has 1 aromatic rings. The van der Waals surface area contributed by atoms with Gasteiger partial charge in [0.25, 0.3) is 5.79 Å². The second kappa shape index (κ2) is 5.70. The maximum atomic E-state index is 11.2. The first-order valence-corrected chi connectivity index (χ1v) is 11.1. The van der Waals surface area contributed by atoms with Crippen LogP contribution in [0.5, 0.6) is 5.75 Å². The summed E-state index contributed by atoms with van der Waals surface area (Å²) >= 11 is 7.21. The zero-order valence-electron chi connectivity index (χ0n) is 14.8. The van der Waals surface area contributed by atoms with Gasteiger partial charge in [-0.15, -0.1) is 11.6 Å². The van der Waals surface area contributed by atoms with E-state index >= 15 is 0 Å². The van der Waals surface area contributed by atoms with Gasteiger partial charge < -0.3 is 9.26 Å². The molecule has 148 valence electrons. The molecule has 4 bridgehead atoms. The minimum Gasteiger partial charge on any atom is -0.404 e. The molecule has 4 unspecified atom stereocenters. The van der Waals surface area contributed by atoms with Crippen LogP contribution in [0.25, 0.3) is 0 Å². The van der Waals surface area contributed by atoms with Crippen molar-refractivity contribution < 1.29 is 33.4 Å². The van der Waals surface area contributed by atoms with Crippen LogP contribution in [0.1, 0.15) is 37.7 Å². The van der Waals surface area contributed by atoms with E-state index in [0.717, 1.165) is 25.7 Å². The molecule has 1 aromatic carbocycles. The maximum absolute atomic E-state index is 11.2. The highest BCUT2D eigenvalue weighted by Gasteiger charge is 2.81. The first-order chi connectivity index (χ1) is 12.7. The van der Waals surface area contributed by atoms with Crippen LogP contribution in [0.2, 0.25) is 0 Å². The van der Waals surface area contributed by atoms with Gasteiger partial charge in [0, 0.05) is 12.7 Å². The Bertz CT molecular complexity index is 810. The highest BCUT2D eigenvalue weighted by atomic mass is 35.5. The third-order valence-corrected chi connectivity index (χ3v) is 7.91. The second-order valence-corrected chi connectivity index (χ2v) is 10.2. The number of ether oxygens (including phenoxy) is 1. The third-order valence-electron chi connectivity index (χ3n) is 6.87. The Morgan fingerprint density at radius 1 is 1.19 bits per heavy atom. The largest absolute Gasteiger partial charge is 0.524 e. The van der Waals surface area contributed by atoms with Crippen molar-refractivity contribution in [3.05, 3.63) is 29.8 Å². The lowest BCUT2D eigenvalue weighted by Crippen LogP contribution is -2.81. The van der Waals surface area contributed by atoms with E-state index in [4.69, 9.17) is 40.4 Å². The van der Waals surface area contributed by atoms with Crippen LogP contribution in [-0.4, -0.2) is 27.4 Å². The van der Waals surface area contributed by atoms with Crippen LogP contribution in [0, 0.1) is 17.8 Å². The summed E-state index contributed by atoms with van der Waals surface area (Å²) in [6, 6.07) is 6.43. The number of benzene rings is 1. The molecule has 5 fully saturated rings. The molecule has 1 heterocycles. The molecule has 5 aliphatic rings. The first kappa shape index (κ1) is 18.4. The Labute approximate surface area is 162 Å². The summed E-state index contributed by atoms with van der Waals surface area (Å²) < 4.78 is 21.9. The van der Waals surface area contributed by atoms with Crippen molar-refractivity contribution in [1.29, 1.82) is 0 Å². The molecular formula is C18H22ClO7P. The van der Waals surface area contributed by atoms with E-state index in [1.54, 1.807) is 19.2 Å². The molecule has 1 aliphatic heterocycles. The van der Waals surface area contributed by atoms with Gasteiger partial charge in [-0.25, -0.2) is 9.45 Å². The molecule has 27 heavy (non-hydrogen) atoms. The Morgan fingerprint density at radius 3 is 2.41 bits per heavy atom. The average molecular weight is 417 g/mol. The van der Waals surface area contributed by atoms with Crippen LogP contribution in [-0.2, 0) is 24.9 Å². The summed E-state index contributed by atoms with van der Waals surface area (Å²) in [5.41, 5.74) is -0.250. The summed E-state index contributed by atoms with van der Waals surface area (Å²) in [5, 5.41) is 0. The number of hydrogen-bond acceptors (Lipinski definition) is 5. The van der Waals surface area contributed by atoms with E-state index in [1.165, 1.54) is 18.6 Å². The molecule has 1 saturated heterocycles. The summed E-state index contributed by atoms with van der Waals surface area (Å²) in [4.78, 5) is 29.1. The van der Waals surface area contributed by atoms with Crippen molar-refractivity contribution in [3.63, 3.8) is 0 Å². The Hall–Kier alpha value is -0.660. The van der Waals surface area contributed by atoms with Crippen molar-refractivity contribution >= 4 is 19.4 Å². The van der Waals surface area contributed by atoms with E-state index in [9.17, 15) is 4.57 Å². The average Bonchev–Trinajstić information content (AvgIpc) is 2.52. The monoisotopic (exact) mass is 416 g/mol. The van der Waals surface area contributed by atoms with Gasteiger partial charge in [0.1, 0.15) is 5.75 Å². The number of alkyl halides is 1. The molecular weight excluding hydrogens is 395 g/mol. The molecule has 9 heteroatoms. The first-order valence-electron chi connectivity index (χ1n) is 9.18. The molecule has 4 atom stereocenters. The second-order valence-electron chi connectivity index (χ2n) is 8.34. The topological polar surface area (TPSA) is 94.5 Å². The SMILES string of the molecule is COC1(c2cccc(OP(=O)(O)O)c2)OOC12C1CC3CC(C1)CC2(Cl)C3.